The van der Waals surface area contributed by atoms with Gasteiger partial charge in [0.1, 0.15) is 0 Å². The number of nitrogen functional groups attached to an aromatic ring is 1. The smallest absolute Gasteiger partial charge is 0.218 e. The molecule has 0 unspecified atom stereocenters. The molecule has 1 amide bonds. The van der Waals surface area contributed by atoms with Crippen molar-refractivity contribution in [3.05, 3.63) is 23.8 Å². The molecule has 0 atom stereocenters. The molecular formula is C10H14N2OS. The van der Waals surface area contributed by atoms with Crippen molar-refractivity contribution in [3.63, 3.8) is 0 Å². The van der Waals surface area contributed by atoms with Gasteiger partial charge in [0.2, 0.25) is 5.91 Å². The van der Waals surface area contributed by atoms with E-state index in [1.165, 1.54) is 0 Å². The van der Waals surface area contributed by atoms with Crippen LogP contribution in [-0.4, -0.2) is 11.7 Å². The fraction of sp³-hybridized carbons (Fsp3) is 0.300. The molecule has 1 aromatic rings. The summed E-state index contributed by atoms with van der Waals surface area (Å²) in [6.45, 7) is 1.97. The predicted octanol–water partition coefficient (Wildman–Crippen LogP) is 1.54. The first-order chi connectivity index (χ1) is 6.61. The summed E-state index contributed by atoms with van der Waals surface area (Å²) in [5.41, 5.74) is 12.8. The topological polar surface area (TPSA) is 69.1 Å². The van der Waals surface area contributed by atoms with Gasteiger partial charge in [0.05, 0.1) is 0 Å². The van der Waals surface area contributed by atoms with Crippen molar-refractivity contribution in [3.8, 4) is 0 Å². The van der Waals surface area contributed by atoms with E-state index < -0.39 is 0 Å². The molecule has 0 saturated heterocycles. The van der Waals surface area contributed by atoms with Crippen LogP contribution in [-0.2, 0) is 4.79 Å². The fourth-order valence-electron chi connectivity index (χ4n) is 1.04. The van der Waals surface area contributed by atoms with Gasteiger partial charge in [-0.15, -0.1) is 11.8 Å². The second-order valence-corrected chi connectivity index (χ2v) is 4.19. The second kappa shape index (κ2) is 4.91. The predicted molar refractivity (Wildman–Crippen MR) is 60.1 cm³/mol. The van der Waals surface area contributed by atoms with Crippen molar-refractivity contribution in [2.45, 2.75) is 18.2 Å². The normalized spacial score (nSPS) is 10.1. The van der Waals surface area contributed by atoms with Crippen molar-refractivity contribution < 1.29 is 4.79 Å². The van der Waals surface area contributed by atoms with E-state index in [2.05, 4.69) is 0 Å². The molecule has 4 heteroatoms. The lowest BCUT2D eigenvalue weighted by Crippen LogP contribution is -2.10. The Bertz CT molecular complexity index is 339. The number of carbonyl (C=O) groups excluding carboxylic acids is 1. The van der Waals surface area contributed by atoms with Crippen molar-refractivity contribution in [2.24, 2.45) is 5.73 Å². The summed E-state index contributed by atoms with van der Waals surface area (Å²) in [4.78, 5) is 11.5. The maximum Gasteiger partial charge on any atom is 0.218 e. The number of hydrogen-bond acceptors (Lipinski definition) is 3. The summed E-state index contributed by atoms with van der Waals surface area (Å²) in [5.74, 6) is 0.409. The minimum absolute atomic E-state index is 0.274. The average Bonchev–Trinajstić information content (AvgIpc) is 2.12. The lowest BCUT2D eigenvalue weighted by molar-refractivity contribution is -0.117. The number of nitrogens with two attached hydrogens (primary N) is 2. The van der Waals surface area contributed by atoms with Crippen LogP contribution in [0.3, 0.4) is 0 Å². The van der Waals surface area contributed by atoms with Gasteiger partial charge in [-0.1, -0.05) is 12.1 Å². The summed E-state index contributed by atoms with van der Waals surface area (Å²) in [7, 11) is 0. The zero-order chi connectivity index (χ0) is 10.6. The van der Waals surface area contributed by atoms with E-state index in [1.807, 2.05) is 25.1 Å². The highest BCUT2D eigenvalue weighted by Crippen LogP contribution is 2.27. The van der Waals surface area contributed by atoms with Gasteiger partial charge in [0, 0.05) is 22.8 Å². The van der Waals surface area contributed by atoms with Crippen LogP contribution < -0.4 is 11.5 Å². The maximum atomic E-state index is 10.5. The lowest BCUT2D eigenvalue weighted by Gasteiger charge is -2.06. The van der Waals surface area contributed by atoms with Gasteiger partial charge < -0.3 is 11.5 Å². The highest BCUT2D eigenvalue weighted by molar-refractivity contribution is 7.99. The number of hydrogen-bond donors (Lipinski definition) is 2. The Morgan fingerprint density at radius 3 is 2.86 bits per heavy atom. The van der Waals surface area contributed by atoms with E-state index in [0.717, 1.165) is 16.1 Å². The maximum absolute atomic E-state index is 10.5. The van der Waals surface area contributed by atoms with Crippen LogP contribution in [0.2, 0.25) is 0 Å². The van der Waals surface area contributed by atoms with Crippen molar-refractivity contribution >= 4 is 23.4 Å². The Balaban J connectivity index is 2.59. The average molecular weight is 210 g/mol. The zero-order valence-corrected chi connectivity index (χ0v) is 8.93. The molecule has 3 nitrogen and oxygen atoms in total. The van der Waals surface area contributed by atoms with Gasteiger partial charge in [0.25, 0.3) is 0 Å². The van der Waals surface area contributed by atoms with Gasteiger partial charge in [-0.2, -0.15) is 0 Å². The van der Waals surface area contributed by atoms with Crippen LogP contribution in [0.25, 0.3) is 0 Å². The van der Waals surface area contributed by atoms with E-state index in [4.69, 9.17) is 11.5 Å². The first-order valence-electron chi connectivity index (χ1n) is 4.37. The van der Waals surface area contributed by atoms with Gasteiger partial charge in [-0.05, 0) is 18.6 Å². The molecule has 1 rings (SSSR count). The molecule has 0 aromatic heterocycles. The molecule has 0 bridgehead atoms. The first-order valence-corrected chi connectivity index (χ1v) is 5.36. The molecule has 0 spiro atoms. The molecule has 0 fully saturated rings. The number of para-hydroxylation sites is 1. The lowest BCUT2D eigenvalue weighted by atomic mass is 10.2. The van der Waals surface area contributed by atoms with E-state index in [9.17, 15) is 4.79 Å². The van der Waals surface area contributed by atoms with Gasteiger partial charge >= 0.3 is 0 Å². The molecule has 0 aliphatic rings. The highest BCUT2D eigenvalue weighted by Gasteiger charge is 2.02. The Morgan fingerprint density at radius 1 is 1.50 bits per heavy atom. The standard InChI is InChI=1S/C10H14N2OS/c1-7-3-2-4-8(10(7)12)14-6-5-9(11)13/h2-4H,5-6,12H2,1H3,(H2,11,13). The van der Waals surface area contributed by atoms with Crippen molar-refractivity contribution in [1.82, 2.24) is 0 Å². The second-order valence-electron chi connectivity index (χ2n) is 3.05. The summed E-state index contributed by atoms with van der Waals surface area (Å²) in [6.07, 6.45) is 0.387. The number of primary amides is 1. The SMILES string of the molecule is Cc1cccc(SCCC(N)=O)c1N. The number of rotatable bonds is 4. The van der Waals surface area contributed by atoms with Crippen molar-refractivity contribution in [1.29, 1.82) is 0 Å². The Hall–Kier alpha value is -1.16. The molecule has 4 N–H and O–H groups in total. The number of benzene rings is 1. The third-order valence-electron chi connectivity index (χ3n) is 1.89. The quantitative estimate of drug-likeness (QED) is 0.585. The third kappa shape index (κ3) is 2.96. The van der Waals surface area contributed by atoms with E-state index >= 15 is 0 Å². The zero-order valence-electron chi connectivity index (χ0n) is 8.12. The monoisotopic (exact) mass is 210 g/mol. The molecule has 76 valence electrons. The Kier molecular flexibility index (Phi) is 3.83. The molecule has 14 heavy (non-hydrogen) atoms. The molecule has 1 aromatic carbocycles. The number of carbonyl (C=O) groups is 1. The number of amides is 1. The van der Waals surface area contributed by atoms with E-state index in [1.54, 1.807) is 11.8 Å². The Morgan fingerprint density at radius 2 is 2.21 bits per heavy atom. The summed E-state index contributed by atoms with van der Waals surface area (Å²) < 4.78 is 0. The largest absolute Gasteiger partial charge is 0.398 e. The van der Waals surface area contributed by atoms with Gasteiger partial charge in [-0.25, -0.2) is 0 Å². The first kappa shape index (κ1) is 10.9. The molecule has 0 saturated carbocycles. The summed E-state index contributed by atoms with van der Waals surface area (Å²) in [6, 6.07) is 5.87. The van der Waals surface area contributed by atoms with Crippen molar-refractivity contribution in [2.75, 3.05) is 11.5 Å². The van der Waals surface area contributed by atoms with E-state index in [0.29, 0.717) is 12.2 Å². The molecule has 0 heterocycles. The number of thioether (sulfide) groups is 1. The number of aryl methyl sites for hydroxylation is 1. The Labute approximate surface area is 87.9 Å². The summed E-state index contributed by atoms with van der Waals surface area (Å²) in [5, 5.41) is 0. The highest BCUT2D eigenvalue weighted by atomic mass is 32.2. The molecule has 0 aliphatic heterocycles. The van der Waals surface area contributed by atoms with E-state index in [-0.39, 0.29) is 5.91 Å². The van der Waals surface area contributed by atoms with Crippen LogP contribution in [0, 0.1) is 6.92 Å². The van der Waals surface area contributed by atoms with Gasteiger partial charge in [0.15, 0.2) is 0 Å². The molecular weight excluding hydrogens is 196 g/mol. The summed E-state index contributed by atoms with van der Waals surface area (Å²) >= 11 is 1.56. The van der Waals surface area contributed by atoms with Crippen LogP contribution in [0.15, 0.2) is 23.1 Å². The minimum atomic E-state index is -0.274. The number of anilines is 1. The van der Waals surface area contributed by atoms with Crippen LogP contribution in [0.4, 0.5) is 5.69 Å². The van der Waals surface area contributed by atoms with Crippen LogP contribution in [0.5, 0.6) is 0 Å². The van der Waals surface area contributed by atoms with Gasteiger partial charge in [-0.3, -0.25) is 4.79 Å². The van der Waals surface area contributed by atoms with Crippen LogP contribution >= 0.6 is 11.8 Å². The molecule has 0 aliphatic carbocycles. The molecule has 0 radical (unpaired) electrons. The fourth-order valence-corrected chi connectivity index (χ4v) is 2.06. The third-order valence-corrected chi connectivity index (χ3v) is 2.97. The minimum Gasteiger partial charge on any atom is -0.398 e. The van der Waals surface area contributed by atoms with Crippen LogP contribution in [0.1, 0.15) is 12.0 Å².